The van der Waals surface area contributed by atoms with Crippen LogP contribution < -0.4 is 0 Å². The number of hydrogen-bond donors (Lipinski definition) is 0. The van der Waals surface area contributed by atoms with Crippen LogP contribution >= 0.6 is 11.8 Å². The summed E-state index contributed by atoms with van der Waals surface area (Å²) in [4.78, 5) is 45.2. The van der Waals surface area contributed by atoms with E-state index in [9.17, 15) is 9.59 Å². The molecular formula is C35H29NO3S. The van der Waals surface area contributed by atoms with Gasteiger partial charge in [0.05, 0.1) is 11.3 Å². The lowest BCUT2D eigenvalue weighted by atomic mass is 9.57. The summed E-state index contributed by atoms with van der Waals surface area (Å²) in [5, 5.41) is -0.548. The van der Waals surface area contributed by atoms with E-state index < -0.39 is 21.1 Å². The Labute approximate surface area is 238 Å². The zero-order valence-electron chi connectivity index (χ0n) is 22.2. The van der Waals surface area contributed by atoms with Crippen molar-refractivity contribution in [2.24, 2.45) is 0 Å². The van der Waals surface area contributed by atoms with Crippen molar-refractivity contribution in [3.63, 3.8) is 0 Å². The first kappa shape index (κ1) is 26.0. The molecule has 1 amide bonds. The molecule has 1 fully saturated rings. The molecule has 0 bridgehead atoms. The van der Waals surface area contributed by atoms with Crippen LogP contribution in [-0.2, 0) is 24.5 Å². The number of ketones is 1. The lowest BCUT2D eigenvalue weighted by Crippen LogP contribution is -2.62. The summed E-state index contributed by atoms with van der Waals surface area (Å²) in [5.41, 5.74) is 2.52. The second-order valence-corrected chi connectivity index (χ2v) is 11.3. The van der Waals surface area contributed by atoms with Gasteiger partial charge in [-0.25, -0.2) is 0 Å². The number of rotatable bonds is 7. The molecule has 1 atom stereocenters. The van der Waals surface area contributed by atoms with E-state index in [1.165, 1.54) is 0 Å². The summed E-state index contributed by atoms with van der Waals surface area (Å²) >= 11 is 0.989. The van der Waals surface area contributed by atoms with Crippen LogP contribution in [0.3, 0.4) is 0 Å². The maximum Gasteiger partial charge on any atom is 0.261 e. The second-order valence-electron chi connectivity index (χ2n) is 10.1. The molecule has 0 aliphatic carbocycles. The quantitative estimate of drug-likeness (QED) is 0.242. The van der Waals surface area contributed by atoms with E-state index in [1.807, 2.05) is 121 Å². The first-order valence-electron chi connectivity index (χ1n) is 13.6. The van der Waals surface area contributed by atoms with Crippen molar-refractivity contribution in [1.82, 2.24) is 4.90 Å². The summed E-state index contributed by atoms with van der Waals surface area (Å²) in [5.74, 6) is -0.683. The van der Waals surface area contributed by atoms with Gasteiger partial charge in [-0.3, -0.25) is 14.4 Å². The van der Waals surface area contributed by atoms with E-state index in [0.29, 0.717) is 17.8 Å². The number of hydrogen-bond acceptors (Lipinski definition) is 4. The molecule has 6 rings (SSSR count). The molecule has 2 aliphatic rings. The minimum atomic E-state index is -1.38. The number of amides is 1. The minimum absolute atomic E-state index is 0.139. The van der Waals surface area contributed by atoms with E-state index in [4.69, 9.17) is 0 Å². The van der Waals surface area contributed by atoms with Crippen molar-refractivity contribution in [3.05, 3.63) is 149 Å². The molecule has 0 spiro atoms. The number of thioether (sulfide) groups is 1. The Hall–Kier alpha value is -4.22. The molecule has 4 aromatic rings. The van der Waals surface area contributed by atoms with Crippen molar-refractivity contribution in [2.45, 2.75) is 29.9 Å². The van der Waals surface area contributed by atoms with E-state index in [-0.39, 0.29) is 5.91 Å². The number of nitrogens with zero attached hydrogens (tertiary/aromatic N) is 1. The standard InChI is InChI=1S/C35H29NO3S/c1-2-3-24-36-30(25-16-8-4-9-17-25)29-31(37)32(38)40-35(29,28-22-14-7-15-23-28)34(33(36)39,26-18-10-5-11-19-26)27-20-12-6-13-21-27/h4-23H,2-3,24H2,1H3/t35-/m0/s1. The summed E-state index contributed by atoms with van der Waals surface area (Å²) < 4.78 is -1.32. The monoisotopic (exact) mass is 543 g/mol. The highest BCUT2D eigenvalue weighted by Crippen LogP contribution is 2.67. The number of unbranched alkanes of at least 4 members (excludes halogenated alkanes) is 1. The molecule has 0 saturated carbocycles. The molecule has 5 heteroatoms. The van der Waals surface area contributed by atoms with Crippen LogP contribution in [0.4, 0.5) is 0 Å². The van der Waals surface area contributed by atoms with Gasteiger partial charge < -0.3 is 4.90 Å². The van der Waals surface area contributed by atoms with E-state index in [0.717, 1.165) is 46.9 Å². The van der Waals surface area contributed by atoms with Crippen LogP contribution in [0.15, 0.2) is 127 Å². The molecule has 0 radical (unpaired) electrons. The van der Waals surface area contributed by atoms with Gasteiger partial charge in [0.25, 0.3) is 5.12 Å². The van der Waals surface area contributed by atoms with Gasteiger partial charge in [-0.1, -0.05) is 146 Å². The largest absolute Gasteiger partial charge is 0.310 e. The molecule has 4 nitrogen and oxygen atoms in total. The van der Waals surface area contributed by atoms with E-state index in [2.05, 4.69) is 6.92 Å². The molecule has 0 aromatic heterocycles. The first-order chi connectivity index (χ1) is 19.6. The highest BCUT2D eigenvalue weighted by atomic mass is 32.2. The summed E-state index contributed by atoms with van der Waals surface area (Å²) in [6.07, 6.45) is 1.62. The highest BCUT2D eigenvalue weighted by molar-refractivity contribution is 8.17. The van der Waals surface area contributed by atoms with Crippen molar-refractivity contribution in [2.75, 3.05) is 6.54 Å². The Morgan fingerprint density at radius 2 is 1.12 bits per heavy atom. The van der Waals surface area contributed by atoms with Crippen molar-refractivity contribution >= 4 is 34.3 Å². The van der Waals surface area contributed by atoms with Gasteiger partial charge in [-0.2, -0.15) is 0 Å². The van der Waals surface area contributed by atoms with Gasteiger partial charge in [0.2, 0.25) is 11.7 Å². The Balaban J connectivity index is 1.86. The number of carbonyl (C=O) groups is 3. The fourth-order valence-electron chi connectivity index (χ4n) is 6.34. The van der Waals surface area contributed by atoms with Crippen molar-refractivity contribution in [3.8, 4) is 0 Å². The predicted octanol–water partition coefficient (Wildman–Crippen LogP) is 6.76. The van der Waals surface area contributed by atoms with Crippen LogP contribution in [0.2, 0.25) is 0 Å². The third-order valence-electron chi connectivity index (χ3n) is 7.99. The van der Waals surface area contributed by atoms with Crippen LogP contribution in [0.25, 0.3) is 5.70 Å². The maximum absolute atomic E-state index is 15.5. The summed E-state index contributed by atoms with van der Waals surface area (Å²) in [6, 6.07) is 38.5. The van der Waals surface area contributed by atoms with E-state index in [1.54, 1.807) is 4.90 Å². The Bertz CT molecular complexity index is 1560. The average Bonchev–Trinajstić information content (AvgIpc) is 3.28. The highest BCUT2D eigenvalue weighted by Gasteiger charge is 2.71. The molecule has 2 heterocycles. The number of Topliss-reactive ketones (excluding diaryl/α,β-unsaturated/α-hetero) is 1. The molecule has 198 valence electrons. The SMILES string of the molecule is CCCCN1C(=O)C(c2ccccc2)(c2ccccc2)[C@@]2(c3ccccc3)SC(=O)C(=O)C2=C1c1ccccc1. The molecule has 4 aromatic carbocycles. The average molecular weight is 544 g/mol. The number of carbonyl (C=O) groups excluding carboxylic acids is 3. The van der Waals surface area contributed by atoms with Gasteiger partial charge in [-0.05, 0) is 28.7 Å². The third kappa shape index (κ3) is 3.65. The molecule has 0 N–H and O–H groups in total. The van der Waals surface area contributed by atoms with Crippen molar-refractivity contribution in [1.29, 1.82) is 0 Å². The maximum atomic E-state index is 15.5. The van der Waals surface area contributed by atoms with Gasteiger partial charge in [0.1, 0.15) is 10.2 Å². The van der Waals surface area contributed by atoms with Crippen LogP contribution in [0.1, 0.15) is 42.0 Å². The zero-order valence-corrected chi connectivity index (χ0v) is 23.1. The fourth-order valence-corrected chi connectivity index (χ4v) is 7.84. The first-order valence-corrected chi connectivity index (χ1v) is 14.5. The fraction of sp³-hybridized carbons (Fsp3) is 0.171. The lowest BCUT2D eigenvalue weighted by molar-refractivity contribution is -0.135. The topological polar surface area (TPSA) is 54.5 Å². The zero-order chi connectivity index (χ0) is 27.7. The van der Waals surface area contributed by atoms with Gasteiger partial charge in [0, 0.05) is 6.54 Å². The summed E-state index contributed by atoms with van der Waals surface area (Å²) in [7, 11) is 0. The second kappa shape index (κ2) is 10.4. The number of fused-ring (bicyclic) bond motifs is 1. The van der Waals surface area contributed by atoms with E-state index >= 15 is 4.79 Å². The smallest absolute Gasteiger partial charge is 0.261 e. The Morgan fingerprint density at radius 3 is 1.62 bits per heavy atom. The van der Waals surface area contributed by atoms with Crippen LogP contribution in [0.5, 0.6) is 0 Å². The molecule has 0 unspecified atom stereocenters. The molecule has 1 saturated heterocycles. The van der Waals surface area contributed by atoms with Crippen LogP contribution in [-0.4, -0.2) is 28.3 Å². The van der Waals surface area contributed by atoms with Gasteiger partial charge in [0.15, 0.2) is 0 Å². The minimum Gasteiger partial charge on any atom is -0.310 e. The third-order valence-corrected chi connectivity index (χ3v) is 9.41. The Morgan fingerprint density at radius 1 is 0.650 bits per heavy atom. The van der Waals surface area contributed by atoms with Gasteiger partial charge in [-0.15, -0.1) is 0 Å². The molecular weight excluding hydrogens is 514 g/mol. The normalized spacial score (nSPS) is 20.1. The summed E-state index contributed by atoms with van der Waals surface area (Å²) in [6.45, 7) is 2.52. The Kier molecular flexibility index (Phi) is 6.77. The molecule has 40 heavy (non-hydrogen) atoms. The lowest BCUT2D eigenvalue weighted by Gasteiger charge is -2.54. The van der Waals surface area contributed by atoms with Crippen molar-refractivity contribution < 1.29 is 14.4 Å². The van der Waals surface area contributed by atoms with Crippen LogP contribution in [0, 0.1) is 0 Å². The predicted molar refractivity (Wildman–Crippen MR) is 159 cm³/mol. The molecule has 2 aliphatic heterocycles. The van der Waals surface area contributed by atoms with Gasteiger partial charge >= 0.3 is 0 Å². The number of benzene rings is 4.